The summed E-state index contributed by atoms with van der Waals surface area (Å²) in [5, 5.41) is 0.497. The second-order valence-electron chi connectivity index (χ2n) is 4.47. The number of benzene rings is 2. The molecule has 6 heteroatoms. The van der Waals surface area contributed by atoms with Gasteiger partial charge in [0.15, 0.2) is 0 Å². The number of hydrogen-bond acceptors (Lipinski definition) is 3. The molecule has 0 aliphatic rings. The van der Waals surface area contributed by atoms with Crippen molar-refractivity contribution in [3.63, 3.8) is 0 Å². The lowest BCUT2D eigenvalue weighted by molar-refractivity contribution is 0.320. The number of ether oxygens (including phenoxy) is 1. The monoisotopic (exact) mass is 325 g/mol. The average molecular weight is 326 g/mol. The molecule has 0 aromatic heterocycles. The molecule has 0 fully saturated rings. The highest BCUT2D eigenvalue weighted by Gasteiger charge is 2.12. The van der Waals surface area contributed by atoms with Crippen LogP contribution >= 0.6 is 11.6 Å². The maximum atomic E-state index is 12.0. The molecule has 2 aromatic rings. The summed E-state index contributed by atoms with van der Waals surface area (Å²) >= 11 is 5.74. The third-order valence-electron chi connectivity index (χ3n) is 2.87. The summed E-state index contributed by atoms with van der Waals surface area (Å²) in [6.45, 7) is 2.39. The van der Waals surface area contributed by atoms with Gasteiger partial charge in [-0.25, -0.2) is 13.1 Å². The zero-order valence-corrected chi connectivity index (χ0v) is 13.1. The van der Waals surface area contributed by atoms with Gasteiger partial charge in [0, 0.05) is 11.6 Å². The fourth-order valence-electron chi connectivity index (χ4n) is 1.75. The van der Waals surface area contributed by atoms with Crippen LogP contribution in [-0.4, -0.2) is 21.6 Å². The normalized spacial score (nSPS) is 11.3. The predicted octanol–water partition coefficient (Wildman–Crippen LogP) is 3.01. The minimum absolute atomic E-state index is 0.183. The van der Waals surface area contributed by atoms with E-state index >= 15 is 0 Å². The van der Waals surface area contributed by atoms with E-state index in [1.54, 1.807) is 12.1 Å². The van der Waals surface area contributed by atoms with E-state index in [-0.39, 0.29) is 18.0 Å². The van der Waals surface area contributed by atoms with Gasteiger partial charge in [0.25, 0.3) is 0 Å². The third kappa shape index (κ3) is 4.46. The summed E-state index contributed by atoms with van der Waals surface area (Å²) in [7, 11) is -3.53. The molecule has 0 saturated heterocycles. The van der Waals surface area contributed by atoms with E-state index in [0.717, 1.165) is 11.3 Å². The van der Waals surface area contributed by atoms with E-state index < -0.39 is 10.0 Å². The third-order valence-corrected chi connectivity index (χ3v) is 4.60. The molecule has 2 aromatic carbocycles. The second-order valence-corrected chi connectivity index (χ2v) is 6.67. The fourth-order valence-corrected chi connectivity index (χ4v) is 2.89. The van der Waals surface area contributed by atoms with Crippen molar-refractivity contribution in [2.45, 2.75) is 11.8 Å². The maximum absolute atomic E-state index is 12.0. The van der Waals surface area contributed by atoms with Crippen molar-refractivity contribution in [1.82, 2.24) is 4.72 Å². The van der Waals surface area contributed by atoms with Crippen molar-refractivity contribution in [2.24, 2.45) is 0 Å². The Morgan fingerprint density at radius 3 is 2.43 bits per heavy atom. The zero-order chi connectivity index (χ0) is 15.3. The average Bonchev–Trinajstić information content (AvgIpc) is 2.46. The Kier molecular flexibility index (Phi) is 5.22. The summed E-state index contributed by atoms with van der Waals surface area (Å²) in [4.78, 5) is 0.183. The van der Waals surface area contributed by atoms with E-state index in [1.165, 1.54) is 12.1 Å². The van der Waals surface area contributed by atoms with Crippen LogP contribution in [0.15, 0.2) is 53.4 Å². The van der Waals surface area contributed by atoms with Crippen molar-refractivity contribution in [1.29, 1.82) is 0 Å². The summed E-state index contributed by atoms with van der Waals surface area (Å²) in [6, 6.07) is 13.6. The van der Waals surface area contributed by atoms with Gasteiger partial charge >= 0.3 is 0 Å². The largest absolute Gasteiger partial charge is 0.492 e. The Hall–Kier alpha value is -1.56. The summed E-state index contributed by atoms with van der Waals surface area (Å²) in [6.07, 6.45) is 0. The van der Waals surface area contributed by atoms with Crippen LogP contribution < -0.4 is 9.46 Å². The van der Waals surface area contributed by atoms with Crippen molar-refractivity contribution >= 4 is 21.6 Å². The van der Waals surface area contributed by atoms with E-state index in [2.05, 4.69) is 4.72 Å². The van der Waals surface area contributed by atoms with Gasteiger partial charge in [-0.2, -0.15) is 0 Å². The molecule has 0 bridgehead atoms. The van der Waals surface area contributed by atoms with Crippen LogP contribution in [0.25, 0.3) is 0 Å². The topological polar surface area (TPSA) is 55.4 Å². The van der Waals surface area contributed by atoms with E-state index in [1.807, 2.05) is 31.2 Å². The number of aryl methyl sites for hydroxylation is 1. The van der Waals surface area contributed by atoms with Crippen LogP contribution in [0.2, 0.25) is 5.02 Å². The number of nitrogens with one attached hydrogen (secondary N) is 1. The number of hydrogen-bond donors (Lipinski definition) is 1. The van der Waals surface area contributed by atoms with Crippen LogP contribution in [0.1, 0.15) is 5.56 Å². The minimum Gasteiger partial charge on any atom is -0.492 e. The molecule has 4 nitrogen and oxygen atoms in total. The number of para-hydroxylation sites is 1. The first-order valence-electron chi connectivity index (χ1n) is 6.43. The van der Waals surface area contributed by atoms with Crippen LogP contribution in [0, 0.1) is 6.92 Å². The van der Waals surface area contributed by atoms with Gasteiger partial charge in [-0.05, 0) is 42.8 Å². The Bertz CT molecular complexity index is 699. The highest BCUT2D eigenvalue weighted by molar-refractivity contribution is 7.89. The fraction of sp³-hybridized carbons (Fsp3) is 0.200. The molecule has 2 rings (SSSR count). The molecule has 0 atom stereocenters. The Morgan fingerprint density at radius 1 is 1.10 bits per heavy atom. The molecule has 0 spiro atoms. The highest BCUT2D eigenvalue weighted by atomic mass is 35.5. The lowest BCUT2D eigenvalue weighted by Crippen LogP contribution is -2.28. The molecule has 0 unspecified atom stereocenters. The lowest BCUT2D eigenvalue weighted by Gasteiger charge is -2.10. The number of rotatable bonds is 6. The van der Waals surface area contributed by atoms with Crippen molar-refractivity contribution in [3.05, 3.63) is 59.1 Å². The zero-order valence-electron chi connectivity index (χ0n) is 11.5. The molecule has 112 valence electrons. The summed E-state index contributed by atoms with van der Waals surface area (Å²) in [5.41, 5.74) is 1.01. The molecule has 0 aliphatic heterocycles. The van der Waals surface area contributed by atoms with Crippen molar-refractivity contribution < 1.29 is 13.2 Å². The lowest BCUT2D eigenvalue weighted by atomic mass is 10.2. The van der Waals surface area contributed by atoms with Gasteiger partial charge < -0.3 is 4.74 Å². The van der Waals surface area contributed by atoms with Gasteiger partial charge in [-0.1, -0.05) is 29.8 Å². The minimum atomic E-state index is -3.53. The van der Waals surface area contributed by atoms with Crippen molar-refractivity contribution in [2.75, 3.05) is 13.2 Å². The van der Waals surface area contributed by atoms with Gasteiger partial charge in [0.2, 0.25) is 10.0 Å². The van der Waals surface area contributed by atoms with Gasteiger partial charge in [-0.15, -0.1) is 0 Å². The molecule has 0 saturated carbocycles. The molecule has 0 amide bonds. The molecular weight excluding hydrogens is 310 g/mol. The molecular formula is C15H16ClNO3S. The molecule has 1 N–H and O–H groups in total. The first-order chi connectivity index (χ1) is 9.99. The van der Waals surface area contributed by atoms with Gasteiger partial charge in [-0.3, -0.25) is 0 Å². The summed E-state index contributed by atoms with van der Waals surface area (Å²) < 4.78 is 32.1. The SMILES string of the molecule is Cc1ccccc1OCCNS(=O)(=O)c1ccc(Cl)cc1. The standard InChI is InChI=1S/C15H16ClNO3S/c1-12-4-2-3-5-15(12)20-11-10-17-21(18,19)14-8-6-13(16)7-9-14/h2-9,17H,10-11H2,1H3. The van der Waals surface area contributed by atoms with Gasteiger partial charge in [0.05, 0.1) is 4.90 Å². The highest BCUT2D eigenvalue weighted by Crippen LogP contribution is 2.16. The second kappa shape index (κ2) is 6.93. The molecule has 0 heterocycles. The Labute approximate surface area is 129 Å². The first kappa shape index (κ1) is 15.8. The van der Waals surface area contributed by atoms with E-state index in [9.17, 15) is 8.42 Å². The molecule has 0 radical (unpaired) electrons. The van der Waals surface area contributed by atoms with Gasteiger partial charge in [0.1, 0.15) is 12.4 Å². The molecule has 21 heavy (non-hydrogen) atoms. The number of sulfonamides is 1. The maximum Gasteiger partial charge on any atom is 0.240 e. The Morgan fingerprint density at radius 2 is 1.76 bits per heavy atom. The smallest absolute Gasteiger partial charge is 0.240 e. The quantitative estimate of drug-likeness (QED) is 0.831. The van der Waals surface area contributed by atoms with Crippen LogP contribution in [0.4, 0.5) is 0 Å². The van der Waals surface area contributed by atoms with Crippen LogP contribution in [0.5, 0.6) is 5.75 Å². The summed E-state index contributed by atoms with van der Waals surface area (Å²) in [5.74, 6) is 0.753. The van der Waals surface area contributed by atoms with E-state index in [4.69, 9.17) is 16.3 Å². The molecule has 0 aliphatic carbocycles. The van der Waals surface area contributed by atoms with Crippen LogP contribution in [-0.2, 0) is 10.0 Å². The number of halogens is 1. The van der Waals surface area contributed by atoms with Crippen LogP contribution in [0.3, 0.4) is 0 Å². The Balaban J connectivity index is 1.88. The predicted molar refractivity (Wildman–Crippen MR) is 83.3 cm³/mol. The van der Waals surface area contributed by atoms with E-state index in [0.29, 0.717) is 5.02 Å². The van der Waals surface area contributed by atoms with Crippen molar-refractivity contribution in [3.8, 4) is 5.75 Å². The first-order valence-corrected chi connectivity index (χ1v) is 8.29.